The molecular weight excluding hydrogens is 384 g/mol. The van der Waals surface area contributed by atoms with Gasteiger partial charge in [0.2, 0.25) is 0 Å². The van der Waals surface area contributed by atoms with Gasteiger partial charge in [0.1, 0.15) is 12.3 Å². The molecule has 150 valence electrons. The maximum Gasteiger partial charge on any atom is 0.326 e. The van der Waals surface area contributed by atoms with Crippen LogP contribution in [0.5, 0.6) is 5.75 Å². The summed E-state index contributed by atoms with van der Waals surface area (Å²) in [6.45, 7) is 2.53. The number of hydrogen-bond acceptors (Lipinski definition) is 7. The van der Waals surface area contributed by atoms with Crippen LogP contribution in [0.25, 0.3) is 0 Å². The number of carbonyl (C=O) groups is 2. The van der Waals surface area contributed by atoms with Crippen LogP contribution in [-0.4, -0.2) is 60.8 Å². The van der Waals surface area contributed by atoms with E-state index in [0.717, 1.165) is 11.3 Å². The molecule has 0 N–H and O–H groups in total. The van der Waals surface area contributed by atoms with Gasteiger partial charge in [-0.05, 0) is 36.8 Å². The molecule has 0 saturated carbocycles. The number of aromatic nitrogens is 2. The van der Waals surface area contributed by atoms with E-state index in [2.05, 4.69) is 10.2 Å². The zero-order valence-electron chi connectivity index (χ0n) is 16.1. The molecule has 0 saturated heterocycles. The fourth-order valence-corrected chi connectivity index (χ4v) is 2.41. The van der Waals surface area contributed by atoms with Crippen molar-refractivity contribution < 1.29 is 19.1 Å². The Hall–Kier alpha value is -2.87. The van der Waals surface area contributed by atoms with Gasteiger partial charge in [0, 0.05) is 20.6 Å². The van der Waals surface area contributed by atoms with Gasteiger partial charge in [-0.2, -0.15) is 0 Å². The molecule has 8 nitrogen and oxygen atoms in total. The fourth-order valence-electron chi connectivity index (χ4n) is 2.31. The van der Waals surface area contributed by atoms with Crippen molar-refractivity contribution in [1.82, 2.24) is 15.1 Å². The van der Waals surface area contributed by atoms with Crippen molar-refractivity contribution in [3.63, 3.8) is 0 Å². The van der Waals surface area contributed by atoms with Gasteiger partial charge in [-0.1, -0.05) is 23.7 Å². The number of benzene rings is 1. The van der Waals surface area contributed by atoms with Crippen molar-refractivity contribution in [3.05, 3.63) is 47.1 Å². The lowest BCUT2D eigenvalue weighted by atomic mass is 10.2. The Morgan fingerprint density at radius 2 is 1.79 bits per heavy atom. The number of hydrogen-bond donors (Lipinski definition) is 0. The first kappa shape index (κ1) is 21.4. The number of ether oxygens (including phenoxy) is 2. The van der Waals surface area contributed by atoms with E-state index in [4.69, 9.17) is 21.1 Å². The molecule has 9 heteroatoms. The van der Waals surface area contributed by atoms with Crippen LogP contribution in [0.2, 0.25) is 5.15 Å². The van der Waals surface area contributed by atoms with Crippen molar-refractivity contribution in [1.29, 1.82) is 0 Å². The van der Waals surface area contributed by atoms with Gasteiger partial charge >= 0.3 is 5.97 Å². The number of carbonyl (C=O) groups excluding carboxylic acids is 2. The monoisotopic (exact) mass is 406 g/mol. The normalized spacial score (nSPS) is 10.3. The fraction of sp³-hybridized carbons (Fsp3) is 0.368. The zero-order chi connectivity index (χ0) is 20.5. The van der Waals surface area contributed by atoms with Gasteiger partial charge in [0.25, 0.3) is 5.91 Å². The van der Waals surface area contributed by atoms with E-state index in [1.165, 1.54) is 4.90 Å². The average molecular weight is 407 g/mol. The van der Waals surface area contributed by atoms with E-state index in [9.17, 15) is 9.59 Å². The highest BCUT2D eigenvalue weighted by atomic mass is 35.5. The molecule has 0 aliphatic heterocycles. The number of likely N-dealkylation sites (N-methyl/N-ethyl adjacent to an activating group) is 2. The standard InChI is InChI=1S/C19H23ClN4O4/c1-4-27-15-7-5-14(6-8-15)11-24(3)18(25)13-28-19(26)12-23(2)17-10-9-16(20)21-22-17/h5-10H,4,11-13H2,1-3H3. The Kier molecular flexibility index (Phi) is 8.01. The van der Waals surface area contributed by atoms with E-state index in [1.807, 2.05) is 31.2 Å². The van der Waals surface area contributed by atoms with E-state index in [0.29, 0.717) is 19.0 Å². The Morgan fingerprint density at radius 1 is 1.07 bits per heavy atom. The average Bonchev–Trinajstić information content (AvgIpc) is 2.68. The van der Waals surface area contributed by atoms with Crippen LogP contribution >= 0.6 is 11.6 Å². The third-order valence-corrected chi connectivity index (χ3v) is 4.01. The Labute approximate surface area is 169 Å². The molecule has 0 unspecified atom stereocenters. The largest absolute Gasteiger partial charge is 0.494 e. The summed E-state index contributed by atoms with van der Waals surface area (Å²) in [5, 5.41) is 7.85. The number of nitrogens with zero attached hydrogens (tertiary/aromatic N) is 4. The third-order valence-electron chi connectivity index (χ3n) is 3.81. The molecule has 1 aromatic carbocycles. The smallest absolute Gasteiger partial charge is 0.326 e. The van der Waals surface area contributed by atoms with Gasteiger partial charge in [-0.15, -0.1) is 10.2 Å². The van der Waals surface area contributed by atoms with Crippen molar-refractivity contribution in [2.45, 2.75) is 13.5 Å². The molecule has 2 aromatic rings. The molecule has 0 radical (unpaired) electrons. The minimum Gasteiger partial charge on any atom is -0.494 e. The summed E-state index contributed by atoms with van der Waals surface area (Å²) in [5.41, 5.74) is 0.951. The molecule has 1 heterocycles. The van der Waals surface area contributed by atoms with Crippen LogP contribution in [0.1, 0.15) is 12.5 Å². The molecule has 1 aromatic heterocycles. The van der Waals surface area contributed by atoms with Gasteiger partial charge in [0.05, 0.1) is 6.61 Å². The number of halogens is 1. The van der Waals surface area contributed by atoms with Crippen LogP contribution < -0.4 is 9.64 Å². The number of rotatable bonds is 9. The maximum absolute atomic E-state index is 12.2. The first-order valence-corrected chi connectivity index (χ1v) is 9.08. The summed E-state index contributed by atoms with van der Waals surface area (Å²) < 4.78 is 10.5. The molecule has 0 aliphatic carbocycles. The lowest BCUT2D eigenvalue weighted by Crippen LogP contribution is -2.33. The predicted octanol–water partition coefficient (Wildman–Crippen LogP) is 2.17. The minimum atomic E-state index is -0.540. The summed E-state index contributed by atoms with van der Waals surface area (Å²) >= 11 is 5.68. The highest BCUT2D eigenvalue weighted by Crippen LogP contribution is 2.13. The predicted molar refractivity (Wildman–Crippen MR) is 105 cm³/mol. The van der Waals surface area contributed by atoms with Gasteiger partial charge in [-0.3, -0.25) is 9.59 Å². The second kappa shape index (κ2) is 10.5. The number of anilines is 1. The second-order valence-electron chi connectivity index (χ2n) is 6.06. The van der Waals surface area contributed by atoms with Crippen LogP contribution in [-0.2, 0) is 20.9 Å². The van der Waals surface area contributed by atoms with E-state index < -0.39 is 5.97 Å². The molecular formula is C19H23ClN4O4. The summed E-state index contributed by atoms with van der Waals surface area (Å²) in [5.74, 6) is 0.419. The highest BCUT2D eigenvalue weighted by molar-refractivity contribution is 6.29. The van der Waals surface area contributed by atoms with Crippen LogP contribution in [0.15, 0.2) is 36.4 Å². The van der Waals surface area contributed by atoms with Gasteiger partial charge < -0.3 is 19.3 Å². The number of amides is 1. The molecule has 0 atom stereocenters. The summed E-state index contributed by atoms with van der Waals surface area (Å²) in [6, 6.07) is 10.7. The third kappa shape index (κ3) is 6.70. The van der Waals surface area contributed by atoms with Crippen molar-refractivity contribution in [2.24, 2.45) is 0 Å². The summed E-state index contributed by atoms with van der Waals surface area (Å²) in [4.78, 5) is 27.2. The van der Waals surface area contributed by atoms with Crippen molar-refractivity contribution in [3.8, 4) is 5.75 Å². The van der Waals surface area contributed by atoms with Crippen molar-refractivity contribution in [2.75, 3.05) is 38.8 Å². The molecule has 28 heavy (non-hydrogen) atoms. The first-order chi connectivity index (χ1) is 13.4. The lowest BCUT2D eigenvalue weighted by molar-refractivity contribution is -0.150. The van der Waals surface area contributed by atoms with Crippen LogP contribution in [0.3, 0.4) is 0 Å². The summed E-state index contributed by atoms with van der Waals surface area (Å²) in [7, 11) is 3.32. The zero-order valence-corrected chi connectivity index (χ0v) is 16.8. The molecule has 0 spiro atoms. The van der Waals surface area contributed by atoms with Crippen molar-refractivity contribution >= 4 is 29.3 Å². The topological polar surface area (TPSA) is 84.9 Å². The maximum atomic E-state index is 12.2. The number of esters is 1. The SMILES string of the molecule is CCOc1ccc(CN(C)C(=O)COC(=O)CN(C)c2ccc(Cl)nn2)cc1. The minimum absolute atomic E-state index is 0.0633. The Bertz CT molecular complexity index is 784. The lowest BCUT2D eigenvalue weighted by Gasteiger charge is -2.19. The molecule has 1 amide bonds. The van der Waals surface area contributed by atoms with Gasteiger partial charge in [0.15, 0.2) is 17.6 Å². The van der Waals surface area contributed by atoms with Crippen LogP contribution in [0.4, 0.5) is 5.82 Å². The highest BCUT2D eigenvalue weighted by Gasteiger charge is 2.15. The molecule has 0 fully saturated rings. The Balaban J connectivity index is 1.76. The first-order valence-electron chi connectivity index (χ1n) is 8.70. The van der Waals surface area contributed by atoms with E-state index >= 15 is 0 Å². The second-order valence-corrected chi connectivity index (χ2v) is 6.45. The molecule has 2 rings (SSSR count). The molecule has 0 aliphatic rings. The van der Waals surface area contributed by atoms with E-state index in [-0.39, 0.29) is 24.2 Å². The summed E-state index contributed by atoms with van der Waals surface area (Å²) in [6.07, 6.45) is 0. The van der Waals surface area contributed by atoms with Crippen LogP contribution in [0, 0.1) is 0 Å². The van der Waals surface area contributed by atoms with Gasteiger partial charge in [-0.25, -0.2) is 0 Å². The Morgan fingerprint density at radius 3 is 2.39 bits per heavy atom. The quantitative estimate of drug-likeness (QED) is 0.590. The van der Waals surface area contributed by atoms with E-state index in [1.54, 1.807) is 31.1 Å². The molecule has 0 bridgehead atoms.